The summed E-state index contributed by atoms with van der Waals surface area (Å²) in [6.07, 6.45) is 8.09. The van der Waals surface area contributed by atoms with Crippen molar-refractivity contribution in [2.45, 2.75) is 76.7 Å². The molecular weight excluding hydrogens is 586 g/mol. The lowest BCUT2D eigenvalue weighted by molar-refractivity contribution is 0.126. The van der Waals surface area contributed by atoms with Crippen LogP contribution in [0.5, 0.6) is 5.75 Å². The van der Waals surface area contributed by atoms with Gasteiger partial charge in [0.1, 0.15) is 12.4 Å². The second kappa shape index (κ2) is 20.9. The van der Waals surface area contributed by atoms with Gasteiger partial charge in [-0.15, -0.1) is 0 Å². The van der Waals surface area contributed by atoms with Crippen molar-refractivity contribution in [1.82, 2.24) is 10.6 Å². The molecule has 47 heavy (non-hydrogen) atoms. The maximum Gasteiger partial charge on any atom is 0.312 e. The molecule has 250 valence electrons. The van der Waals surface area contributed by atoms with Gasteiger partial charge in [0, 0.05) is 37.9 Å². The van der Waals surface area contributed by atoms with Crippen molar-refractivity contribution in [3.05, 3.63) is 137 Å². The number of nitrogens with two attached hydrogens (primary N) is 1. The molecule has 0 spiro atoms. The Kier molecular flexibility index (Phi) is 15.8. The number of rotatable bonds is 22. The maximum absolute atomic E-state index is 11.4. The minimum absolute atomic E-state index is 0.135. The Labute approximate surface area is 280 Å². The van der Waals surface area contributed by atoms with Crippen molar-refractivity contribution in [1.29, 1.82) is 0 Å². The van der Waals surface area contributed by atoms with Crippen molar-refractivity contribution in [3.63, 3.8) is 0 Å². The van der Waals surface area contributed by atoms with Gasteiger partial charge in [0.15, 0.2) is 0 Å². The van der Waals surface area contributed by atoms with E-state index in [1.807, 2.05) is 54.6 Å². The van der Waals surface area contributed by atoms with Crippen LogP contribution in [0.3, 0.4) is 0 Å². The smallest absolute Gasteiger partial charge is 0.312 e. The van der Waals surface area contributed by atoms with Crippen LogP contribution in [-0.4, -0.2) is 30.9 Å². The molecule has 0 saturated carbocycles. The zero-order valence-corrected chi connectivity index (χ0v) is 27.5. The minimum Gasteiger partial charge on any atom is -0.489 e. The van der Waals surface area contributed by atoms with Gasteiger partial charge in [0.2, 0.25) is 0 Å². The average Bonchev–Trinajstić information content (AvgIpc) is 3.11. The van der Waals surface area contributed by atoms with Crippen LogP contribution >= 0.6 is 0 Å². The molecule has 0 bridgehead atoms. The third-order valence-electron chi connectivity index (χ3n) is 8.30. The normalized spacial score (nSPS) is 12.4. The largest absolute Gasteiger partial charge is 0.489 e. The summed E-state index contributed by atoms with van der Waals surface area (Å²) in [6.45, 7) is 2.66. The third kappa shape index (κ3) is 13.6. The molecular formula is C40H51N3O4. The summed E-state index contributed by atoms with van der Waals surface area (Å²) >= 11 is 0. The molecule has 4 aromatic rings. The molecule has 0 heterocycles. The Hall–Kier alpha value is -4.17. The number of aryl methyl sites for hydroxylation is 1. The molecule has 0 aliphatic heterocycles. The standard InChI is InChI=1S/C40H51N3O4/c41-40(45)43-29-36-28-35(24-25-39(36)47-31-33-19-8-4-9-20-33)38(44)30-42-37(34-21-10-5-11-22-34)23-12-1-2-14-26-46-27-15-13-18-32-16-6-3-7-17-32/h3-11,16-17,19-22,24-25,28,37-38,42,44H,1-2,12-15,18,23,26-27,29-31H2,(H3,41,43,45). The van der Waals surface area contributed by atoms with Gasteiger partial charge < -0.3 is 30.9 Å². The highest BCUT2D eigenvalue weighted by atomic mass is 16.5. The summed E-state index contributed by atoms with van der Waals surface area (Å²) < 4.78 is 11.9. The van der Waals surface area contributed by atoms with Crippen molar-refractivity contribution in [3.8, 4) is 5.75 Å². The van der Waals surface area contributed by atoms with Gasteiger partial charge in [0.25, 0.3) is 0 Å². The van der Waals surface area contributed by atoms with E-state index in [9.17, 15) is 9.90 Å². The van der Waals surface area contributed by atoms with Gasteiger partial charge in [-0.25, -0.2) is 4.79 Å². The highest BCUT2D eigenvalue weighted by Crippen LogP contribution is 2.26. The topological polar surface area (TPSA) is 106 Å². The Morgan fingerprint density at radius 2 is 1.36 bits per heavy atom. The predicted molar refractivity (Wildman–Crippen MR) is 189 cm³/mol. The maximum atomic E-state index is 11.4. The number of hydrogen-bond acceptors (Lipinski definition) is 5. The molecule has 4 rings (SSSR count). The first-order valence-corrected chi connectivity index (χ1v) is 17.0. The Morgan fingerprint density at radius 3 is 2.06 bits per heavy atom. The average molecular weight is 638 g/mol. The third-order valence-corrected chi connectivity index (χ3v) is 8.30. The Bertz CT molecular complexity index is 1420. The number of aliphatic hydroxyl groups is 1. The summed E-state index contributed by atoms with van der Waals surface area (Å²) in [7, 11) is 0. The van der Waals surface area contributed by atoms with Crippen LogP contribution in [0.25, 0.3) is 0 Å². The van der Waals surface area contributed by atoms with Crippen molar-refractivity contribution < 1.29 is 19.4 Å². The second-order valence-corrected chi connectivity index (χ2v) is 12.0. The molecule has 0 aliphatic carbocycles. The summed E-state index contributed by atoms with van der Waals surface area (Å²) in [5, 5.41) is 17.5. The SMILES string of the molecule is NC(=O)NCc1cc(C(O)CNC(CCCCCCOCCCCc2ccccc2)c2ccccc2)ccc1OCc1ccccc1. The van der Waals surface area contributed by atoms with E-state index in [1.54, 1.807) is 0 Å². The monoisotopic (exact) mass is 637 g/mol. The summed E-state index contributed by atoms with van der Waals surface area (Å²) in [4.78, 5) is 11.4. The van der Waals surface area contributed by atoms with Crippen LogP contribution < -0.4 is 21.1 Å². The van der Waals surface area contributed by atoms with Crippen molar-refractivity contribution >= 4 is 6.03 Å². The molecule has 0 radical (unpaired) electrons. The van der Waals surface area contributed by atoms with E-state index < -0.39 is 12.1 Å². The molecule has 0 aromatic heterocycles. The lowest BCUT2D eigenvalue weighted by atomic mass is 9.99. The fourth-order valence-corrected chi connectivity index (χ4v) is 5.63. The molecule has 2 unspecified atom stereocenters. The zero-order valence-electron chi connectivity index (χ0n) is 27.5. The summed E-state index contributed by atoms with van der Waals surface area (Å²) in [5.74, 6) is 0.641. The number of nitrogens with one attached hydrogen (secondary N) is 2. The number of aliphatic hydroxyl groups excluding tert-OH is 1. The molecule has 0 aliphatic rings. The minimum atomic E-state index is -0.735. The van der Waals surface area contributed by atoms with E-state index in [0.717, 1.165) is 81.3 Å². The van der Waals surface area contributed by atoms with Gasteiger partial charge in [-0.1, -0.05) is 116 Å². The van der Waals surface area contributed by atoms with Gasteiger partial charge >= 0.3 is 6.03 Å². The first-order valence-electron chi connectivity index (χ1n) is 17.0. The molecule has 2 atom stereocenters. The van der Waals surface area contributed by atoms with Gasteiger partial charge in [-0.05, 0) is 66.5 Å². The summed E-state index contributed by atoms with van der Waals surface area (Å²) in [6, 6.07) is 36.1. The number of urea groups is 1. The van der Waals surface area contributed by atoms with Crippen LogP contribution in [0, 0.1) is 0 Å². The number of primary amides is 1. The summed E-state index contributed by atoms with van der Waals surface area (Å²) in [5.41, 5.74) is 10.5. The van der Waals surface area contributed by atoms with Crippen molar-refractivity contribution in [2.24, 2.45) is 5.73 Å². The van der Waals surface area contributed by atoms with Crippen LogP contribution in [0.1, 0.15) is 84.9 Å². The van der Waals surface area contributed by atoms with Crippen molar-refractivity contribution in [2.75, 3.05) is 19.8 Å². The molecule has 7 heteroatoms. The zero-order chi connectivity index (χ0) is 32.9. The van der Waals surface area contributed by atoms with Crippen LogP contribution in [0.4, 0.5) is 4.79 Å². The highest BCUT2D eigenvalue weighted by molar-refractivity contribution is 5.71. The Balaban J connectivity index is 1.20. The number of benzene rings is 4. The van der Waals surface area contributed by atoms with Crippen LogP contribution in [0.15, 0.2) is 109 Å². The quantitative estimate of drug-likeness (QED) is 0.0659. The fraction of sp³-hybridized carbons (Fsp3) is 0.375. The molecule has 5 N–H and O–H groups in total. The van der Waals surface area contributed by atoms with E-state index in [2.05, 4.69) is 65.2 Å². The van der Waals surface area contributed by atoms with Gasteiger partial charge in [-0.3, -0.25) is 0 Å². The number of ether oxygens (including phenoxy) is 2. The number of hydrogen-bond donors (Lipinski definition) is 4. The highest BCUT2D eigenvalue weighted by Gasteiger charge is 2.16. The predicted octanol–water partition coefficient (Wildman–Crippen LogP) is 7.79. The number of carbonyl (C=O) groups is 1. The molecule has 7 nitrogen and oxygen atoms in total. The number of unbranched alkanes of at least 4 members (excludes halogenated alkanes) is 4. The Morgan fingerprint density at radius 1 is 0.723 bits per heavy atom. The van der Waals surface area contributed by atoms with Gasteiger partial charge in [-0.2, -0.15) is 0 Å². The number of carbonyl (C=O) groups excluding carboxylic acids is 1. The second-order valence-electron chi connectivity index (χ2n) is 12.0. The van der Waals surface area contributed by atoms with Crippen LogP contribution in [-0.2, 0) is 24.3 Å². The number of amides is 2. The molecule has 4 aromatic carbocycles. The molecule has 2 amide bonds. The molecule has 0 saturated heterocycles. The van der Waals surface area contributed by atoms with E-state index in [-0.39, 0.29) is 12.6 Å². The molecule has 0 fully saturated rings. The van der Waals surface area contributed by atoms with E-state index >= 15 is 0 Å². The lowest BCUT2D eigenvalue weighted by Gasteiger charge is -2.22. The van der Waals surface area contributed by atoms with E-state index in [0.29, 0.717) is 18.9 Å². The fourth-order valence-electron chi connectivity index (χ4n) is 5.63. The van der Waals surface area contributed by atoms with E-state index in [1.165, 1.54) is 11.1 Å². The van der Waals surface area contributed by atoms with Crippen LogP contribution in [0.2, 0.25) is 0 Å². The first kappa shape index (κ1) is 35.7. The van der Waals surface area contributed by atoms with E-state index in [4.69, 9.17) is 15.2 Å². The lowest BCUT2D eigenvalue weighted by Crippen LogP contribution is -2.29. The van der Waals surface area contributed by atoms with Gasteiger partial charge in [0.05, 0.1) is 6.10 Å². The first-order chi connectivity index (χ1) is 23.1.